The Bertz CT molecular complexity index is 1440. The summed E-state index contributed by atoms with van der Waals surface area (Å²) in [6.45, 7) is 2.02. The standard InChI is InChI=1S/C27H17F7N2/c1-2-3-14-12-35-27(36-13-14)16-5-6-18(20(28)9-16)15-4-7-19(21(29)8-15)25(33)24(32)17-10-22(30)26(34)23(31)11-17/h4-13H,2-3H2,1H3/b25-24+. The Kier molecular flexibility index (Phi) is 7.19. The molecule has 0 saturated heterocycles. The largest absolute Gasteiger partial charge is 0.236 e. The van der Waals surface area contributed by atoms with Crippen LogP contribution in [0.1, 0.15) is 30.0 Å². The van der Waals surface area contributed by atoms with Crippen LogP contribution >= 0.6 is 0 Å². The summed E-state index contributed by atoms with van der Waals surface area (Å²) in [6.07, 6.45) is 5.05. The van der Waals surface area contributed by atoms with Crippen molar-refractivity contribution in [2.45, 2.75) is 19.8 Å². The third-order valence-corrected chi connectivity index (χ3v) is 5.42. The number of hydrogen-bond acceptors (Lipinski definition) is 2. The maximum absolute atomic E-state index is 14.8. The highest BCUT2D eigenvalue weighted by Gasteiger charge is 2.20. The van der Waals surface area contributed by atoms with Crippen LogP contribution < -0.4 is 0 Å². The van der Waals surface area contributed by atoms with Gasteiger partial charge in [-0.1, -0.05) is 31.5 Å². The van der Waals surface area contributed by atoms with Gasteiger partial charge in [-0.2, -0.15) is 0 Å². The van der Waals surface area contributed by atoms with E-state index in [-0.39, 0.29) is 23.3 Å². The van der Waals surface area contributed by atoms with Crippen LogP contribution in [0.25, 0.3) is 34.2 Å². The summed E-state index contributed by atoms with van der Waals surface area (Å²) in [4.78, 5) is 8.45. The van der Waals surface area contributed by atoms with Crippen molar-refractivity contribution in [1.82, 2.24) is 9.97 Å². The lowest BCUT2D eigenvalue weighted by atomic mass is 10.00. The number of rotatable bonds is 6. The second-order valence-electron chi connectivity index (χ2n) is 7.94. The van der Waals surface area contributed by atoms with Crippen LogP contribution in [0.2, 0.25) is 0 Å². The Balaban J connectivity index is 1.64. The maximum atomic E-state index is 14.8. The van der Waals surface area contributed by atoms with E-state index in [2.05, 4.69) is 9.97 Å². The molecule has 0 spiro atoms. The van der Waals surface area contributed by atoms with Crippen LogP contribution in [0, 0.1) is 29.1 Å². The quantitative estimate of drug-likeness (QED) is 0.151. The molecule has 4 aromatic rings. The van der Waals surface area contributed by atoms with Crippen LogP contribution in [0.3, 0.4) is 0 Å². The van der Waals surface area contributed by atoms with Gasteiger partial charge in [0.1, 0.15) is 11.6 Å². The number of nitrogens with zero attached hydrogens (tertiary/aromatic N) is 2. The molecule has 0 amide bonds. The molecule has 0 atom stereocenters. The first kappa shape index (κ1) is 25.1. The summed E-state index contributed by atoms with van der Waals surface area (Å²) in [7, 11) is 0. The van der Waals surface area contributed by atoms with Gasteiger partial charge in [0.05, 0.1) is 0 Å². The average Bonchev–Trinajstić information content (AvgIpc) is 2.86. The van der Waals surface area contributed by atoms with E-state index in [1.54, 1.807) is 12.4 Å². The van der Waals surface area contributed by atoms with Crippen molar-refractivity contribution in [1.29, 1.82) is 0 Å². The molecule has 0 saturated carbocycles. The first-order valence-corrected chi connectivity index (χ1v) is 10.8. The van der Waals surface area contributed by atoms with Crippen molar-refractivity contribution in [2.75, 3.05) is 0 Å². The second-order valence-corrected chi connectivity index (χ2v) is 7.94. The highest BCUT2D eigenvalue weighted by Crippen LogP contribution is 2.34. The smallest absolute Gasteiger partial charge is 0.194 e. The van der Waals surface area contributed by atoms with Crippen molar-refractivity contribution in [3.63, 3.8) is 0 Å². The molecule has 0 fully saturated rings. The van der Waals surface area contributed by atoms with Gasteiger partial charge < -0.3 is 0 Å². The first-order chi connectivity index (χ1) is 17.2. The maximum Gasteiger partial charge on any atom is 0.194 e. The van der Waals surface area contributed by atoms with Gasteiger partial charge in [-0.05, 0) is 47.9 Å². The molecule has 0 aliphatic carbocycles. The van der Waals surface area contributed by atoms with Gasteiger partial charge >= 0.3 is 0 Å². The highest BCUT2D eigenvalue weighted by molar-refractivity contribution is 5.84. The summed E-state index contributed by atoms with van der Waals surface area (Å²) >= 11 is 0. The lowest BCUT2D eigenvalue weighted by molar-refractivity contribution is 0.446. The van der Waals surface area contributed by atoms with E-state index in [9.17, 15) is 30.7 Å². The van der Waals surface area contributed by atoms with E-state index in [0.29, 0.717) is 11.4 Å². The Morgan fingerprint density at radius 3 is 1.89 bits per heavy atom. The number of aromatic nitrogens is 2. The molecule has 1 heterocycles. The first-order valence-electron chi connectivity index (χ1n) is 10.8. The molecule has 4 rings (SSSR count). The molecule has 2 nitrogen and oxygen atoms in total. The zero-order valence-corrected chi connectivity index (χ0v) is 18.7. The van der Waals surface area contributed by atoms with Gasteiger partial charge in [0.2, 0.25) is 0 Å². The van der Waals surface area contributed by atoms with E-state index < -0.39 is 51.9 Å². The predicted octanol–water partition coefficient (Wildman–Crippen LogP) is 8.22. The van der Waals surface area contributed by atoms with Crippen LogP contribution in [-0.4, -0.2) is 9.97 Å². The van der Waals surface area contributed by atoms with E-state index in [1.165, 1.54) is 18.2 Å². The van der Waals surface area contributed by atoms with Crippen LogP contribution in [0.15, 0.2) is 60.9 Å². The van der Waals surface area contributed by atoms with Crippen molar-refractivity contribution in [2.24, 2.45) is 0 Å². The molecular weight excluding hydrogens is 485 g/mol. The molecule has 0 aliphatic heterocycles. The van der Waals surface area contributed by atoms with E-state index in [1.807, 2.05) is 6.92 Å². The fourth-order valence-corrected chi connectivity index (χ4v) is 3.60. The summed E-state index contributed by atoms with van der Waals surface area (Å²) in [5.74, 6) is -10.5. The molecule has 1 aromatic heterocycles. The Labute approximate surface area is 201 Å². The number of halogens is 7. The zero-order valence-electron chi connectivity index (χ0n) is 18.7. The van der Waals surface area contributed by atoms with Gasteiger partial charge in [0.25, 0.3) is 0 Å². The summed E-state index contributed by atoms with van der Waals surface area (Å²) in [5.41, 5.74) is -0.448. The highest BCUT2D eigenvalue weighted by atomic mass is 19.2. The minimum atomic E-state index is -1.85. The van der Waals surface area contributed by atoms with Crippen LogP contribution in [0.5, 0.6) is 0 Å². The fraction of sp³-hybridized carbons (Fsp3) is 0.111. The summed E-state index contributed by atoms with van der Waals surface area (Å²) in [5, 5.41) is 0. The summed E-state index contributed by atoms with van der Waals surface area (Å²) in [6, 6.07) is 7.39. The molecule has 9 heteroatoms. The van der Waals surface area contributed by atoms with Gasteiger partial charge in [-0.25, -0.2) is 40.7 Å². The SMILES string of the molecule is CCCc1cnc(-c2ccc(-c3ccc(/C(F)=C(\F)c4cc(F)c(F)c(F)c4)c(F)c3)c(F)c2)nc1. The molecule has 36 heavy (non-hydrogen) atoms. The molecule has 0 bridgehead atoms. The minimum absolute atomic E-state index is 0.0145. The number of aryl methyl sites for hydroxylation is 1. The lowest BCUT2D eigenvalue weighted by Gasteiger charge is -2.09. The van der Waals surface area contributed by atoms with Crippen molar-refractivity contribution < 1.29 is 30.7 Å². The van der Waals surface area contributed by atoms with Crippen molar-refractivity contribution >= 4 is 11.7 Å². The minimum Gasteiger partial charge on any atom is -0.236 e. The molecule has 0 radical (unpaired) electrons. The van der Waals surface area contributed by atoms with Crippen LogP contribution in [-0.2, 0) is 6.42 Å². The van der Waals surface area contributed by atoms with Crippen molar-refractivity contribution in [3.8, 4) is 22.5 Å². The lowest BCUT2D eigenvalue weighted by Crippen LogP contribution is -1.96. The molecule has 0 unspecified atom stereocenters. The van der Waals surface area contributed by atoms with Crippen molar-refractivity contribution in [3.05, 3.63) is 107 Å². The Morgan fingerprint density at radius 2 is 1.31 bits per heavy atom. The Morgan fingerprint density at radius 1 is 0.694 bits per heavy atom. The molecule has 0 aliphatic rings. The second kappa shape index (κ2) is 10.3. The number of benzene rings is 3. The molecule has 0 N–H and O–H groups in total. The van der Waals surface area contributed by atoms with Gasteiger partial charge in [-0.15, -0.1) is 0 Å². The van der Waals surface area contributed by atoms with E-state index >= 15 is 0 Å². The van der Waals surface area contributed by atoms with Gasteiger partial charge in [0, 0.05) is 34.6 Å². The Hall–Kier alpha value is -4.01. The third-order valence-electron chi connectivity index (χ3n) is 5.42. The van der Waals surface area contributed by atoms with Gasteiger partial charge in [0.15, 0.2) is 34.9 Å². The van der Waals surface area contributed by atoms with E-state index in [0.717, 1.165) is 36.6 Å². The average molecular weight is 502 g/mol. The molecule has 3 aromatic carbocycles. The van der Waals surface area contributed by atoms with E-state index in [4.69, 9.17) is 0 Å². The molecule has 184 valence electrons. The zero-order chi connectivity index (χ0) is 26.0. The third kappa shape index (κ3) is 5.00. The molecular formula is C27H17F7N2. The van der Waals surface area contributed by atoms with Crippen LogP contribution in [0.4, 0.5) is 30.7 Å². The summed E-state index contributed by atoms with van der Waals surface area (Å²) < 4.78 is 98.4. The fourth-order valence-electron chi connectivity index (χ4n) is 3.60. The monoisotopic (exact) mass is 502 g/mol. The normalized spacial score (nSPS) is 12.0. The topological polar surface area (TPSA) is 25.8 Å². The number of hydrogen-bond donors (Lipinski definition) is 0. The van der Waals surface area contributed by atoms with Gasteiger partial charge in [-0.3, -0.25) is 0 Å². The predicted molar refractivity (Wildman–Crippen MR) is 122 cm³/mol.